The first-order valence-corrected chi connectivity index (χ1v) is 5.34. The Morgan fingerprint density at radius 3 is 2.71 bits per heavy atom. The van der Waals surface area contributed by atoms with Crippen LogP contribution in [0.5, 0.6) is 0 Å². The summed E-state index contributed by atoms with van der Waals surface area (Å²) in [5.74, 6) is 0.520. The number of nitriles is 1. The summed E-state index contributed by atoms with van der Waals surface area (Å²) in [4.78, 5) is 0. The van der Waals surface area contributed by atoms with Crippen LogP contribution >= 0.6 is 0 Å². The fourth-order valence-electron chi connectivity index (χ4n) is 1.56. The number of anilines is 1. The van der Waals surface area contributed by atoms with Gasteiger partial charge in [0.15, 0.2) is 5.82 Å². The third kappa shape index (κ3) is 2.58. The quantitative estimate of drug-likeness (QED) is 0.870. The van der Waals surface area contributed by atoms with E-state index in [-0.39, 0.29) is 6.04 Å². The van der Waals surface area contributed by atoms with E-state index in [0.717, 1.165) is 5.56 Å². The maximum Gasteiger partial charge on any atom is 0.167 e. The van der Waals surface area contributed by atoms with Gasteiger partial charge in [-0.15, -0.1) is 5.10 Å². The summed E-state index contributed by atoms with van der Waals surface area (Å²) in [6, 6.07) is 13.8. The zero-order valence-electron chi connectivity index (χ0n) is 9.46. The molecule has 0 aliphatic carbocycles. The molecule has 2 rings (SSSR count). The van der Waals surface area contributed by atoms with E-state index in [1.807, 2.05) is 37.3 Å². The van der Waals surface area contributed by atoms with E-state index < -0.39 is 0 Å². The number of nitrogens with one attached hydrogen (secondary N) is 1. The van der Waals surface area contributed by atoms with Gasteiger partial charge >= 0.3 is 0 Å². The van der Waals surface area contributed by atoms with Crippen LogP contribution in [0.3, 0.4) is 0 Å². The third-order valence-electron chi connectivity index (χ3n) is 2.49. The first-order chi connectivity index (χ1) is 8.31. The van der Waals surface area contributed by atoms with Crippen molar-refractivity contribution in [1.29, 1.82) is 5.26 Å². The molecule has 0 bridgehead atoms. The Morgan fingerprint density at radius 1 is 1.24 bits per heavy atom. The van der Waals surface area contributed by atoms with Crippen LogP contribution in [0.4, 0.5) is 5.82 Å². The highest BCUT2D eigenvalue weighted by molar-refractivity contribution is 5.51. The van der Waals surface area contributed by atoms with Crippen molar-refractivity contribution in [2.75, 3.05) is 5.32 Å². The minimum atomic E-state index is 0.0833. The van der Waals surface area contributed by atoms with Crippen molar-refractivity contribution in [3.8, 4) is 6.07 Å². The van der Waals surface area contributed by atoms with Gasteiger partial charge in [0.25, 0.3) is 0 Å². The number of aromatic nitrogens is 2. The molecule has 0 saturated heterocycles. The predicted octanol–water partition coefficient (Wildman–Crippen LogP) is 2.52. The van der Waals surface area contributed by atoms with Crippen molar-refractivity contribution in [3.63, 3.8) is 0 Å². The van der Waals surface area contributed by atoms with Gasteiger partial charge in [0.1, 0.15) is 6.07 Å². The van der Waals surface area contributed by atoms with Gasteiger partial charge in [-0.05, 0) is 18.6 Å². The van der Waals surface area contributed by atoms with Gasteiger partial charge in [-0.3, -0.25) is 0 Å². The number of nitrogens with zero attached hydrogens (tertiary/aromatic N) is 3. The molecule has 0 aliphatic heterocycles. The molecule has 17 heavy (non-hydrogen) atoms. The average molecular weight is 224 g/mol. The summed E-state index contributed by atoms with van der Waals surface area (Å²) in [7, 11) is 0. The van der Waals surface area contributed by atoms with Crippen LogP contribution < -0.4 is 5.32 Å². The topological polar surface area (TPSA) is 61.6 Å². The number of benzene rings is 1. The zero-order chi connectivity index (χ0) is 12.1. The van der Waals surface area contributed by atoms with Gasteiger partial charge in [0, 0.05) is 0 Å². The van der Waals surface area contributed by atoms with E-state index >= 15 is 0 Å². The molecule has 0 radical (unpaired) electrons. The van der Waals surface area contributed by atoms with Crippen LogP contribution in [0.15, 0.2) is 42.6 Å². The molecule has 2 aromatic rings. The number of hydrogen-bond donors (Lipinski definition) is 1. The van der Waals surface area contributed by atoms with Gasteiger partial charge in [-0.1, -0.05) is 30.3 Å². The second kappa shape index (κ2) is 5.08. The third-order valence-corrected chi connectivity index (χ3v) is 2.49. The molecule has 1 heterocycles. The lowest BCUT2D eigenvalue weighted by Gasteiger charge is -2.14. The van der Waals surface area contributed by atoms with Crippen LogP contribution in [0.1, 0.15) is 24.1 Å². The highest BCUT2D eigenvalue weighted by Crippen LogP contribution is 2.18. The van der Waals surface area contributed by atoms with Gasteiger partial charge in [0.05, 0.1) is 17.8 Å². The Hall–Kier alpha value is -2.41. The van der Waals surface area contributed by atoms with Crippen LogP contribution in [-0.4, -0.2) is 10.2 Å². The maximum absolute atomic E-state index is 8.94. The molecule has 1 aromatic heterocycles. The summed E-state index contributed by atoms with van der Waals surface area (Å²) in [6.45, 7) is 2.02. The van der Waals surface area contributed by atoms with E-state index in [9.17, 15) is 0 Å². The Balaban J connectivity index is 2.19. The second-order valence-electron chi connectivity index (χ2n) is 3.68. The molecule has 0 aliphatic rings. The number of rotatable bonds is 3. The Bertz CT molecular complexity index is 531. The molecule has 1 atom stereocenters. The summed E-state index contributed by atoms with van der Waals surface area (Å²) in [6.07, 6.45) is 1.51. The van der Waals surface area contributed by atoms with Gasteiger partial charge in [-0.25, -0.2) is 0 Å². The van der Waals surface area contributed by atoms with E-state index in [0.29, 0.717) is 11.4 Å². The molecule has 1 unspecified atom stereocenters. The van der Waals surface area contributed by atoms with Crippen molar-refractivity contribution in [2.45, 2.75) is 13.0 Å². The normalized spacial score (nSPS) is 11.5. The van der Waals surface area contributed by atoms with Crippen molar-refractivity contribution in [3.05, 3.63) is 53.7 Å². The monoisotopic (exact) mass is 224 g/mol. The fourth-order valence-corrected chi connectivity index (χ4v) is 1.56. The molecule has 84 valence electrons. The predicted molar refractivity (Wildman–Crippen MR) is 65.2 cm³/mol. The smallest absolute Gasteiger partial charge is 0.167 e. The van der Waals surface area contributed by atoms with Crippen LogP contribution in [-0.2, 0) is 0 Å². The molecule has 0 fully saturated rings. The van der Waals surface area contributed by atoms with Crippen molar-refractivity contribution in [1.82, 2.24) is 10.2 Å². The molecule has 0 spiro atoms. The lowest BCUT2D eigenvalue weighted by atomic mass is 10.1. The first-order valence-electron chi connectivity index (χ1n) is 5.34. The Morgan fingerprint density at radius 2 is 2.00 bits per heavy atom. The maximum atomic E-state index is 8.94. The summed E-state index contributed by atoms with van der Waals surface area (Å²) < 4.78 is 0. The number of hydrogen-bond acceptors (Lipinski definition) is 4. The van der Waals surface area contributed by atoms with Crippen LogP contribution in [0.2, 0.25) is 0 Å². The van der Waals surface area contributed by atoms with E-state index in [2.05, 4.69) is 21.6 Å². The van der Waals surface area contributed by atoms with E-state index in [4.69, 9.17) is 5.26 Å². The lowest BCUT2D eigenvalue weighted by molar-refractivity contribution is 0.859. The van der Waals surface area contributed by atoms with Crippen molar-refractivity contribution in [2.24, 2.45) is 0 Å². The van der Waals surface area contributed by atoms with Gasteiger partial charge in [-0.2, -0.15) is 10.4 Å². The molecule has 0 saturated carbocycles. The van der Waals surface area contributed by atoms with Crippen molar-refractivity contribution < 1.29 is 0 Å². The van der Waals surface area contributed by atoms with Gasteiger partial charge in [0.2, 0.25) is 0 Å². The van der Waals surface area contributed by atoms with Crippen LogP contribution in [0, 0.1) is 11.3 Å². The minimum Gasteiger partial charge on any atom is -0.361 e. The van der Waals surface area contributed by atoms with E-state index in [1.54, 1.807) is 6.07 Å². The lowest BCUT2D eigenvalue weighted by Crippen LogP contribution is -2.09. The molecule has 1 N–H and O–H groups in total. The first kappa shape index (κ1) is 11.1. The van der Waals surface area contributed by atoms with Crippen molar-refractivity contribution >= 4 is 5.82 Å². The van der Waals surface area contributed by atoms with Crippen LogP contribution in [0.25, 0.3) is 0 Å². The Labute approximate surface area is 99.9 Å². The molecule has 1 aromatic carbocycles. The molecule has 0 amide bonds. The second-order valence-corrected chi connectivity index (χ2v) is 3.68. The summed E-state index contributed by atoms with van der Waals surface area (Å²) in [5.41, 5.74) is 1.64. The molecular weight excluding hydrogens is 212 g/mol. The standard InChI is InChI=1S/C13H12N4/c1-10(11-5-3-2-4-6-11)16-13-12(9-14)7-8-15-17-13/h2-8,10H,1H3,(H,16,17). The highest BCUT2D eigenvalue weighted by atomic mass is 15.2. The Kier molecular flexibility index (Phi) is 3.31. The highest BCUT2D eigenvalue weighted by Gasteiger charge is 2.08. The van der Waals surface area contributed by atoms with Gasteiger partial charge < -0.3 is 5.32 Å². The average Bonchev–Trinajstić information content (AvgIpc) is 2.40. The largest absolute Gasteiger partial charge is 0.361 e. The molecule has 4 nitrogen and oxygen atoms in total. The molecular formula is C13H12N4. The molecule has 4 heteroatoms. The zero-order valence-corrected chi connectivity index (χ0v) is 9.46. The van der Waals surface area contributed by atoms with E-state index in [1.165, 1.54) is 6.20 Å². The minimum absolute atomic E-state index is 0.0833. The fraction of sp³-hybridized carbons (Fsp3) is 0.154. The summed E-state index contributed by atoms with van der Waals surface area (Å²) in [5, 5.41) is 19.8. The SMILES string of the molecule is CC(Nc1nnccc1C#N)c1ccccc1. The summed E-state index contributed by atoms with van der Waals surface area (Å²) >= 11 is 0.